The standard InChI is InChI=1S/C14H9Cl3FN3O2S/c15-9-6-10(16)14(19-13(9)17)21-20-11-3-4-24(22,23)12-2-1-7(18)5-8(11)12/h1-2,5-6H,3-4H2,(H,19,21)/b20-11-. The number of pyridine rings is 1. The van der Waals surface area contributed by atoms with Gasteiger partial charge in [0.1, 0.15) is 11.0 Å². The first-order valence-electron chi connectivity index (χ1n) is 6.65. The topological polar surface area (TPSA) is 71.4 Å². The lowest BCUT2D eigenvalue weighted by Gasteiger charge is -2.18. The molecule has 1 aliphatic heterocycles. The highest BCUT2D eigenvalue weighted by molar-refractivity contribution is 7.91. The van der Waals surface area contributed by atoms with E-state index >= 15 is 0 Å². The minimum absolute atomic E-state index is 0.0430. The number of hydrogen-bond donors (Lipinski definition) is 1. The van der Waals surface area contributed by atoms with Crippen molar-refractivity contribution in [2.45, 2.75) is 11.3 Å². The minimum Gasteiger partial charge on any atom is -0.260 e. The lowest BCUT2D eigenvalue weighted by molar-refractivity contribution is 0.593. The number of fused-ring (bicyclic) bond motifs is 1. The number of nitrogens with zero attached hydrogens (tertiary/aromatic N) is 2. The Kier molecular flexibility index (Phi) is 4.70. The summed E-state index contributed by atoms with van der Waals surface area (Å²) in [7, 11) is -3.45. The maximum absolute atomic E-state index is 13.5. The molecule has 0 saturated heterocycles. The average molecular weight is 409 g/mol. The zero-order valence-corrected chi connectivity index (χ0v) is 14.9. The van der Waals surface area contributed by atoms with Crippen molar-refractivity contribution in [1.82, 2.24) is 4.98 Å². The van der Waals surface area contributed by atoms with E-state index in [1.165, 1.54) is 12.1 Å². The van der Waals surface area contributed by atoms with Gasteiger partial charge < -0.3 is 0 Å². The van der Waals surface area contributed by atoms with Gasteiger partial charge in [0.2, 0.25) is 0 Å². The van der Waals surface area contributed by atoms with Crippen molar-refractivity contribution < 1.29 is 12.8 Å². The normalized spacial score (nSPS) is 17.6. The molecule has 0 radical (unpaired) electrons. The van der Waals surface area contributed by atoms with Crippen molar-refractivity contribution in [1.29, 1.82) is 0 Å². The van der Waals surface area contributed by atoms with Crippen LogP contribution in [0.1, 0.15) is 12.0 Å². The number of halogens is 4. The van der Waals surface area contributed by atoms with Gasteiger partial charge in [-0.1, -0.05) is 34.8 Å². The van der Waals surface area contributed by atoms with Gasteiger partial charge in [0.15, 0.2) is 15.7 Å². The molecule has 2 aromatic rings. The minimum atomic E-state index is -3.45. The second-order valence-electron chi connectivity index (χ2n) is 4.97. The van der Waals surface area contributed by atoms with Gasteiger partial charge in [0.25, 0.3) is 0 Å². The number of sulfone groups is 1. The Morgan fingerprint density at radius 2 is 1.92 bits per heavy atom. The van der Waals surface area contributed by atoms with Gasteiger partial charge >= 0.3 is 0 Å². The van der Waals surface area contributed by atoms with Crippen molar-refractivity contribution in [3.8, 4) is 0 Å². The molecule has 0 fully saturated rings. The molecule has 5 nitrogen and oxygen atoms in total. The monoisotopic (exact) mass is 407 g/mol. The van der Waals surface area contributed by atoms with E-state index in [0.717, 1.165) is 12.1 Å². The maximum Gasteiger partial charge on any atom is 0.179 e. The lowest BCUT2D eigenvalue weighted by atomic mass is 10.1. The van der Waals surface area contributed by atoms with Gasteiger partial charge in [0, 0.05) is 12.0 Å². The number of aromatic nitrogens is 1. The number of nitrogens with one attached hydrogen (secondary N) is 1. The molecule has 0 spiro atoms. The first-order chi connectivity index (χ1) is 11.3. The highest BCUT2D eigenvalue weighted by atomic mass is 35.5. The van der Waals surface area contributed by atoms with Crippen molar-refractivity contribution in [3.63, 3.8) is 0 Å². The van der Waals surface area contributed by atoms with E-state index in [9.17, 15) is 12.8 Å². The molecule has 1 aromatic heterocycles. The van der Waals surface area contributed by atoms with Crippen LogP contribution >= 0.6 is 34.8 Å². The Morgan fingerprint density at radius 1 is 1.17 bits per heavy atom. The van der Waals surface area contributed by atoms with Crippen LogP contribution in [-0.4, -0.2) is 24.9 Å². The van der Waals surface area contributed by atoms with Crippen LogP contribution in [0.2, 0.25) is 15.2 Å². The summed E-state index contributed by atoms with van der Waals surface area (Å²) >= 11 is 17.6. The highest BCUT2D eigenvalue weighted by Gasteiger charge is 2.28. The molecule has 0 bridgehead atoms. The molecular formula is C14H9Cl3FN3O2S. The van der Waals surface area contributed by atoms with E-state index in [4.69, 9.17) is 34.8 Å². The van der Waals surface area contributed by atoms with Crippen molar-refractivity contribution >= 4 is 56.2 Å². The van der Waals surface area contributed by atoms with E-state index in [2.05, 4.69) is 15.5 Å². The number of hydrazone groups is 1. The first-order valence-corrected chi connectivity index (χ1v) is 9.43. The Labute approximate surface area is 152 Å². The molecule has 0 unspecified atom stereocenters. The first kappa shape index (κ1) is 17.4. The third-order valence-electron chi connectivity index (χ3n) is 3.38. The summed E-state index contributed by atoms with van der Waals surface area (Å²) in [6, 6.07) is 4.87. The second kappa shape index (κ2) is 6.48. The zero-order valence-electron chi connectivity index (χ0n) is 11.9. The van der Waals surface area contributed by atoms with Crippen LogP contribution < -0.4 is 5.43 Å². The van der Waals surface area contributed by atoms with Gasteiger partial charge in [-0.15, -0.1) is 0 Å². The summed E-state index contributed by atoms with van der Waals surface area (Å²) in [5, 5.41) is 4.55. The summed E-state index contributed by atoms with van der Waals surface area (Å²) in [5.41, 5.74) is 3.21. The van der Waals surface area contributed by atoms with E-state index in [-0.39, 0.29) is 43.6 Å². The second-order valence-corrected chi connectivity index (χ2v) is 8.22. The Morgan fingerprint density at radius 3 is 2.67 bits per heavy atom. The fourth-order valence-corrected chi connectivity index (χ4v) is 4.24. The predicted octanol–water partition coefficient (Wildman–Crippen LogP) is 4.17. The van der Waals surface area contributed by atoms with Crippen LogP contribution in [0.15, 0.2) is 34.3 Å². The quantitative estimate of drug-likeness (QED) is 0.460. The molecular weight excluding hydrogens is 400 g/mol. The largest absolute Gasteiger partial charge is 0.260 e. The summed E-state index contributed by atoms with van der Waals surface area (Å²) < 4.78 is 37.7. The van der Waals surface area contributed by atoms with Crippen LogP contribution in [0.4, 0.5) is 10.2 Å². The van der Waals surface area contributed by atoms with Gasteiger partial charge in [-0.2, -0.15) is 5.10 Å². The number of benzene rings is 1. The van der Waals surface area contributed by atoms with Gasteiger partial charge in [-0.05, 0) is 24.3 Å². The Balaban J connectivity index is 2.01. The van der Waals surface area contributed by atoms with Crippen molar-refractivity contribution in [3.05, 3.63) is 50.8 Å². The molecule has 0 saturated carbocycles. The van der Waals surface area contributed by atoms with Gasteiger partial charge in [0.05, 0.1) is 26.4 Å². The molecule has 0 amide bonds. The molecule has 1 aromatic carbocycles. The lowest BCUT2D eigenvalue weighted by Crippen LogP contribution is -2.23. The highest BCUT2D eigenvalue weighted by Crippen LogP contribution is 2.30. The van der Waals surface area contributed by atoms with Gasteiger partial charge in [-0.25, -0.2) is 17.8 Å². The van der Waals surface area contributed by atoms with Crippen LogP contribution in [0.5, 0.6) is 0 Å². The van der Waals surface area contributed by atoms with E-state index < -0.39 is 15.7 Å². The summed E-state index contributed by atoms with van der Waals surface area (Å²) in [4.78, 5) is 4.00. The molecule has 24 heavy (non-hydrogen) atoms. The summed E-state index contributed by atoms with van der Waals surface area (Å²) in [5.74, 6) is -0.511. The fraction of sp³-hybridized carbons (Fsp3) is 0.143. The molecule has 1 aliphatic rings. The van der Waals surface area contributed by atoms with Crippen molar-refractivity contribution in [2.75, 3.05) is 11.2 Å². The SMILES string of the molecule is O=S1(=O)CC/C(=N/Nc2nc(Cl)c(Cl)cc2Cl)c2cc(F)ccc21. The molecule has 0 atom stereocenters. The maximum atomic E-state index is 13.5. The number of hydrogen-bond acceptors (Lipinski definition) is 5. The molecule has 10 heteroatoms. The number of anilines is 1. The van der Waals surface area contributed by atoms with Crippen molar-refractivity contribution in [2.24, 2.45) is 5.10 Å². The predicted molar refractivity (Wildman–Crippen MR) is 92.5 cm³/mol. The smallest absolute Gasteiger partial charge is 0.179 e. The molecule has 3 rings (SSSR count). The molecule has 126 valence electrons. The van der Waals surface area contributed by atoms with Crippen LogP contribution in [-0.2, 0) is 9.84 Å². The molecule has 1 N–H and O–H groups in total. The average Bonchev–Trinajstić information content (AvgIpc) is 2.51. The van der Waals surface area contributed by atoms with Crippen LogP contribution in [0, 0.1) is 5.82 Å². The molecule has 2 heterocycles. The summed E-state index contributed by atoms with van der Waals surface area (Å²) in [6.45, 7) is 0. The van der Waals surface area contributed by atoms with Crippen LogP contribution in [0.3, 0.4) is 0 Å². The third-order valence-corrected chi connectivity index (χ3v) is 6.11. The van der Waals surface area contributed by atoms with E-state index in [1.54, 1.807) is 0 Å². The van der Waals surface area contributed by atoms with Crippen LogP contribution in [0.25, 0.3) is 0 Å². The molecule has 0 aliphatic carbocycles. The number of rotatable bonds is 2. The van der Waals surface area contributed by atoms with Gasteiger partial charge in [-0.3, -0.25) is 5.43 Å². The Hall–Kier alpha value is -1.41. The summed E-state index contributed by atoms with van der Waals surface area (Å²) in [6.07, 6.45) is 0.130. The van der Waals surface area contributed by atoms with E-state index in [0.29, 0.717) is 5.71 Å². The fourth-order valence-electron chi connectivity index (χ4n) is 2.23. The third kappa shape index (κ3) is 3.35. The Bertz CT molecular complexity index is 964. The zero-order chi connectivity index (χ0) is 17.5. The van der Waals surface area contributed by atoms with E-state index in [1.807, 2.05) is 0 Å².